The molecule has 3 aromatic rings. The minimum absolute atomic E-state index is 0.0354. The number of aryl methyl sites for hydroxylation is 1. The van der Waals surface area contributed by atoms with E-state index < -0.39 is 23.6 Å². The van der Waals surface area contributed by atoms with Crippen molar-refractivity contribution in [1.29, 1.82) is 0 Å². The molecule has 2 N–H and O–H groups in total. The number of carbonyl (C=O) groups is 2. The number of benzene rings is 1. The summed E-state index contributed by atoms with van der Waals surface area (Å²) in [4.78, 5) is 34.2. The summed E-state index contributed by atoms with van der Waals surface area (Å²) >= 11 is 1.60. The number of β-amino-alcohol motifs (C(OH)–C–C–N with tert-alkyl or cyclic N) is 1. The fourth-order valence-corrected chi connectivity index (χ4v) is 5.94. The molecular weight excluding hydrogens is 500 g/mol. The molecule has 0 unspecified atom stereocenters. The number of hydrogen-bond donors (Lipinski definition) is 2. The molecule has 3 atom stereocenters. The first-order chi connectivity index (χ1) is 18.0. The van der Waals surface area contributed by atoms with Gasteiger partial charge in [-0.15, -0.1) is 16.4 Å². The summed E-state index contributed by atoms with van der Waals surface area (Å²) in [6.45, 7) is 10.5. The number of hydrogen-bond acceptors (Lipinski definition) is 7. The second kappa shape index (κ2) is 9.89. The maximum atomic E-state index is 13.9. The van der Waals surface area contributed by atoms with E-state index in [2.05, 4.69) is 27.5 Å². The minimum atomic E-state index is -0.756. The zero-order valence-electron chi connectivity index (χ0n) is 22.6. The lowest BCUT2D eigenvalue weighted by Gasteiger charge is -2.34. The monoisotopic (exact) mass is 536 g/mol. The number of aromatic nitrogens is 4. The molecule has 2 aliphatic rings. The van der Waals surface area contributed by atoms with Gasteiger partial charge in [0.05, 0.1) is 27.9 Å². The normalized spacial score (nSPS) is 21.4. The van der Waals surface area contributed by atoms with Gasteiger partial charge in [-0.05, 0) is 36.3 Å². The van der Waals surface area contributed by atoms with Crippen LogP contribution in [0.1, 0.15) is 70.0 Å². The molecule has 1 saturated carbocycles. The number of nitrogens with one attached hydrogen (secondary N) is 1. The Morgan fingerprint density at radius 1 is 1.24 bits per heavy atom. The maximum Gasteiger partial charge on any atom is 0.248 e. The van der Waals surface area contributed by atoms with Crippen molar-refractivity contribution in [3.63, 3.8) is 0 Å². The number of likely N-dealkylation sites (tertiary alicyclic amines) is 1. The van der Waals surface area contributed by atoms with Gasteiger partial charge in [0.25, 0.3) is 0 Å². The van der Waals surface area contributed by atoms with Gasteiger partial charge in [-0.1, -0.05) is 57.2 Å². The highest BCUT2D eigenvalue weighted by Gasteiger charge is 2.46. The van der Waals surface area contributed by atoms with Crippen molar-refractivity contribution in [3.8, 4) is 10.4 Å². The molecule has 2 aromatic heterocycles. The van der Waals surface area contributed by atoms with Gasteiger partial charge in [-0.3, -0.25) is 9.59 Å². The van der Waals surface area contributed by atoms with Crippen molar-refractivity contribution < 1.29 is 14.7 Å². The molecule has 202 valence electrons. The average Bonchev–Trinajstić information content (AvgIpc) is 3.23. The largest absolute Gasteiger partial charge is 0.391 e. The number of rotatable bonds is 7. The predicted molar refractivity (Wildman–Crippen MR) is 145 cm³/mol. The average molecular weight is 537 g/mol. The smallest absolute Gasteiger partial charge is 0.248 e. The van der Waals surface area contributed by atoms with Gasteiger partial charge in [0.15, 0.2) is 0 Å². The molecule has 2 amide bonds. The van der Waals surface area contributed by atoms with Gasteiger partial charge < -0.3 is 15.3 Å². The van der Waals surface area contributed by atoms with Crippen LogP contribution >= 0.6 is 11.3 Å². The topological polar surface area (TPSA) is 113 Å². The van der Waals surface area contributed by atoms with Gasteiger partial charge in [0.1, 0.15) is 12.1 Å². The molecule has 0 radical (unpaired) electrons. The lowest BCUT2D eigenvalue weighted by molar-refractivity contribution is -0.144. The van der Waals surface area contributed by atoms with Crippen LogP contribution in [0, 0.1) is 12.3 Å². The first kappa shape index (κ1) is 26.5. The maximum absolute atomic E-state index is 13.9. The van der Waals surface area contributed by atoms with Crippen LogP contribution < -0.4 is 5.32 Å². The van der Waals surface area contributed by atoms with Gasteiger partial charge in [-0.25, -0.2) is 9.67 Å². The van der Waals surface area contributed by atoms with E-state index in [0.717, 1.165) is 40.2 Å². The van der Waals surface area contributed by atoms with Crippen molar-refractivity contribution in [2.45, 2.75) is 84.0 Å². The first-order valence-corrected chi connectivity index (χ1v) is 14.0. The molecular formula is C28H36N6O3S. The van der Waals surface area contributed by atoms with Crippen LogP contribution in [-0.2, 0) is 21.5 Å². The minimum Gasteiger partial charge on any atom is -0.391 e. The molecule has 1 saturated heterocycles. The number of carbonyl (C=O) groups excluding carboxylic acids is 2. The van der Waals surface area contributed by atoms with E-state index in [1.54, 1.807) is 16.0 Å². The van der Waals surface area contributed by atoms with E-state index >= 15 is 0 Å². The van der Waals surface area contributed by atoms with Crippen LogP contribution in [0.5, 0.6) is 0 Å². The molecule has 9 nitrogen and oxygen atoms in total. The fourth-order valence-electron chi connectivity index (χ4n) is 5.13. The van der Waals surface area contributed by atoms with Crippen LogP contribution in [0.15, 0.2) is 36.0 Å². The Bertz CT molecular complexity index is 1320. The zero-order chi connectivity index (χ0) is 27.2. The number of thiazole rings is 1. The molecule has 0 spiro atoms. The molecule has 5 rings (SSSR count). The second-order valence-electron chi connectivity index (χ2n) is 12.0. The van der Waals surface area contributed by atoms with Crippen LogP contribution in [0.2, 0.25) is 0 Å². The zero-order valence-corrected chi connectivity index (χ0v) is 23.5. The Labute approximate surface area is 227 Å². The summed E-state index contributed by atoms with van der Waals surface area (Å²) < 4.78 is 1.65. The summed E-state index contributed by atoms with van der Waals surface area (Å²) in [5, 5.41) is 22.1. The van der Waals surface area contributed by atoms with E-state index in [-0.39, 0.29) is 30.2 Å². The van der Waals surface area contributed by atoms with Crippen molar-refractivity contribution in [1.82, 2.24) is 30.2 Å². The SMILES string of the molecule is Cc1ncsc1-c1ccc(CNC(=O)[C@@H]2C[C@@H](O)CN2C(=O)[C@@H](n2cc(C3(C)CC3)nn2)C(C)(C)C)cc1. The molecule has 10 heteroatoms. The van der Waals surface area contributed by atoms with Crippen molar-refractivity contribution >= 4 is 23.2 Å². The molecule has 2 fully saturated rings. The third-order valence-electron chi connectivity index (χ3n) is 7.74. The number of nitrogens with zero attached hydrogens (tertiary/aromatic N) is 5. The van der Waals surface area contributed by atoms with E-state index in [0.29, 0.717) is 6.54 Å². The summed E-state index contributed by atoms with van der Waals surface area (Å²) in [6.07, 6.45) is 3.45. The Morgan fingerprint density at radius 3 is 2.55 bits per heavy atom. The summed E-state index contributed by atoms with van der Waals surface area (Å²) in [5.41, 5.74) is 5.34. The predicted octanol–water partition coefficient (Wildman–Crippen LogP) is 3.63. The van der Waals surface area contributed by atoms with Gasteiger partial charge >= 0.3 is 0 Å². The van der Waals surface area contributed by atoms with Crippen LogP contribution in [-0.4, -0.2) is 60.5 Å². The van der Waals surface area contributed by atoms with Gasteiger partial charge in [0, 0.05) is 31.1 Å². The molecule has 0 bridgehead atoms. The number of amides is 2. The van der Waals surface area contributed by atoms with Crippen molar-refractivity contribution in [3.05, 3.63) is 52.9 Å². The fraction of sp³-hybridized carbons (Fsp3) is 0.536. The third-order valence-corrected chi connectivity index (χ3v) is 8.72. The summed E-state index contributed by atoms with van der Waals surface area (Å²) in [5.74, 6) is -0.495. The van der Waals surface area contributed by atoms with E-state index in [9.17, 15) is 14.7 Å². The van der Waals surface area contributed by atoms with E-state index in [4.69, 9.17) is 0 Å². The van der Waals surface area contributed by atoms with E-state index in [1.165, 1.54) is 4.90 Å². The molecule has 1 aliphatic heterocycles. The Hall–Kier alpha value is -3.11. The van der Waals surface area contributed by atoms with E-state index in [1.807, 2.05) is 63.7 Å². The lowest BCUT2D eigenvalue weighted by atomic mass is 9.85. The number of aliphatic hydroxyl groups is 1. The standard InChI is InChI=1S/C28H36N6O3S/c1-17-23(38-16-30-17)19-8-6-18(7-9-19)13-29-25(36)21-12-20(35)14-33(21)26(37)24(27(2,3)4)34-15-22(31-32-34)28(5)10-11-28/h6-9,15-16,20-21,24,35H,10-14H2,1-5H3,(H,29,36)/t20-,21+,24-/m1/s1. The first-order valence-electron chi connectivity index (χ1n) is 13.1. The highest BCUT2D eigenvalue weighted by Crippen LogP contribution is 2.47. The Balaban J connectivity index is 1.29. The van der Waals surface area contributed by atoms with Gasteiger partial charge in [0.2, 0.25) is 11.8 Å². The third kappa shape index (κ3) is 5.24. The highest BCUT2D eigenvalue weighted by atomic mass is 32.1. The lowest BCUT2D eigenvalue weighted by Crippen LogP contribution is -2.50. The number of aliphatic hydroxyl groups excluding tert-OH is 1. The highest BCUT2D eigenvalue weighted by molar-refractivity contribution is 7.13. The van der Waals surface area contributed by atoms with Gasteiger partial charge in [-0.2, -0.15) is 0 Å². The molecule has 1 aromatic carbocycles. The quantitative estimate of drug-likeness (QED) is 0.477. The van der Waals surface area contributed by atoms with Crippen LogP contribution in [0.25, 0.3) is 10.4 Å². The van der Waals surface area contributed by atoms with Crippen molar-refractivity contribution in [2.24, 2.45) is 5.41 Å². The van der Waals surface area contributed by atoms with Crippen LogP contribution in [0.3, 0.4) is 0 Å². The van der Waals surface area contributed by atoms with Crippen LogP contribution in [0.4, 0.5) is 0 Å². The second-order valence-corrected chi connectivity index (χ2v) is 12.8. The molecule has 3 heterocycles. The van der Waals surface area contributed by atoms with Crippen molar-refractivity contribution in [2.75, 3.05) is 6.54 Å². The molecule has 1 aliphatic carbocycles. The summed E-state index contributed by atoms with van der Waals surface area (Å²) in [7, 11) is 0. The Morgan fingerprint density at radius 2 is 1.95 bits per heavy atom. The Kier molecular flexibility index (Phi) is 6.89. The summed E-state index contributed by atoms with van der Waals surface area (Å²) in [6, 6.07) is 6.64. The molecule has 38 heavy (non-hydrogen) atoms.